The molecule has 0 spiro atoms. The van der Waals surface area contributed by atoms with E-state index in [1.54, 1.807) is 12.1 Å². The number of amides is 2. The maximum Gasteiger partial charge on any atom is 0.326 e. The van der Waals surface area contributed by atoms with Crippen molar-refractivity contribution in [3.63, 3.8) is 0 Å². The Morgan fingerprint density at radius 1 is 1.37 bits per heavy atom. The van der Waals surface area contributed by atoms with Crippen LogP contribution >= 0.6 is 0 Å². The topological polar surface area (TPSA) is 98.7 Å². The number of carbonyl (C=O) groups is 2. The zero-order chi connectivity index (χ0) is 14.3. The molecule has 0 saturated carbocycles. The molecule has 0 bridgehead atoms. The number of hydrogen-bond acceptors (Lipinski definition) is 3. The molecule has 104 valence electrons. The number of rotatable bonds is 6. The summed E-state index contributed by atoms with van der Waals surface area (Å²) in [4.78, 5) is 22.4. The van der Waals surface area contributed by atoms with Crippen LogP contribution in [0.3, 0.4) is 0 Å². The van der Waals surface area contributed by atoms with Crippen LogP contribution in [0, 0.1) is 0 Å². The molecule has 6 heteroatoms. The lowest BCUT2D eigenvalue weighted by Gasteiger charge is -2.14. The predicted molar refractivity (Wildman–Crippen MR) is 69.8 cm³/mol. The first-order valence-electron chi connectivity index (χ1n) is 6.08. The Balaban J connectivity index is 2.44. The molecule has 1 aromatic rings. The summed E-state index contributed by atoms with van der Waals surface area (Å²) in [5.74, 6) is -0.927. The second-order valence-electron chi connectivity index (χ2n) is 4.18. The van der Waals surface area contributed by atoms with Gasteiger partial charge in [-0.25, -0.2) is 9.59 Å². The quantitative estimate of drug-likeness (QED) is 0.626. The third kappa shape index (κ3) is 5.29. The summed E-state index contributed by atoms with van der Waals surface area (Å²) in [5.41, 5.74) is 0.734. The molecule has 6 nitrogen and oxygen atoms in total. The molecule has 0 aromatic heterocycles. The van der Waals surface area contributed by atoms with Gasteiger partial charge in [-0.15, -0.1) is 0 Å². The Morgan fingerprint density at radius 3 is 2.68 bits per heavy atom. The van der Waals surface area contributed by atoms with Gasteiger partial charge in [0.1, 0.15) is 11.8 Å². The van der Waals surface area contributed by atoms with Crippen molar-refractivity contribution in [2.75, 3.05) is 0 Å². The molecule has 0 aliphatic carbocycles. The Kier molecular flexibility index (Phi) is 5.66. The van der Waals surface area contributed by atoms with Crippen molar-refractivity contribution in [3.8, 4) is 5.75 Å². The van der Waals surface area contributed by atoms with Crippen LogP contribution in [-0.2, 0) is 11.3 Å². The molecule has 1 aromatic carbocycles. The number of carboxylic acids is 1. The minimum Gasteiger partial charge on any atom is -0.508 e. The zero-order valence-corrected chi connectivity index (χ0v) is 10.7. The second-order valence-corrected chi connectivity index (χ2v) is 4.18. The summed E-state index contributed by atoms with van der Waals surface area (Å²) in [7, 11) is 0. The highest BCUT2D eigenvalue weighted by molar-refractivity contribution is 5.82. The summed E-state index contributed by atoms with van der Waals surface area (Å²) < 4.78 is 0. The predicted octanol–water partition coefficient (Wildman–Crippen LogP) is 1.44. The first-order chi connectivity index (χ1) is 9.02. The van der Waals surface area contributed by atoms with Crippen molar-refractivity contribution in [2.24, 2.45) is 0 Å². The van der Waals surface area contributed by atoms with E-state index in [2.05, 4.69) is 10.6 Å². The minimum atomic E-state index is -1.05. The van der Waals surface area contributed by atoms with E-state index in [0.29, 0.717) is 12.8 Å². The van der Waals surface area contributed by atoms with Crippen molar-refractivity contribution in [2.45, 2.75) is 32.4 Å². The number of aliphatic carboxylic acids is 1. The van der Waals surface area contributed by atoms with E-state index < -0.39 is 18.0 Å². The molecular formula is C13H18N2O4. The van der Waals surface area contributed by atoms with Gasteiger partial charge in [0.05, 0.1) is 0 Å². The molecule has 2 amide bonds. The number of carboxylic acid groups (broad SMARTS) is 1. The fourth-order valence-corrected chi connectivity index (χ4v) is 1.60. The molecule has 0 aliphatic rings. The van der Waals surface area contributed by atoms with E-state index in [1.165, 1.54) is 12.1 Å². The molecule has 1 rings (SSSR count). The SMILES string of the molecule is CCCC(NC(=O)NCc1cccc(O)c1)C(=O)O. The van der Waals surface area contributed by atoms with Crippen LogP contribution in [0.1, 0.15) is 25.3 Å². The second kappa shape index (κ2) is 7.25. The van der Waals surface area contributed by atoms with Crippen molar-refractivity contribution in [3.05, 3.63) is 29.8 Å². The fraction of sp³-hybridized carbons (Fsp3) is 0.385. The van der Waals surface area contributed by atoms with Gasteiger partial charge in [0.2, 0.25) is 0 Å². The number of benzene rings is 1. The van der Waals surface area contributed by atoms with E-state index in [1.807, 2.05) is 6.92 Å². The smallest absolute Gasteiger partial charge is 0.326 e. The van der Waals surface area contributed by atoms with Crippen LogP contribution in [0.5, 0.6) is 5.75 Å². The Bertz CT molecular complexity index is 448. The fourth-order valence-electron chi connectivity index (χ4n) is 1.60. The van der Waals surface area contributed by atoms with Gasteiger partial charge in [0.25, 0.3) is 0 Å². The van der Waals surface area contributed by atoms with Gasteiger partial charge in [-0.3, -0.25) is 0 Å². The van der Waals surface area contributed by atoms with Gasteiger partial charge < -0.3 is 20.8 Å². The van der Waals surface area contributed by atoms with E-state index in [0.717, 1.165) is 5.56 Å². The summed E-state index contributed by atoms with van der Waals surface area (Å²) in [6.07, 6.45) is 1.05. The summed E-state index contributed by atoms with van der Waals surface area (Å²) >= 11 is 0. The minimum absolute atomic E-state index is 0.120. The van der Waals surface area contributed by atoms with Gasteiger partial charge in [0.15, 0.2) is 0 Å². The Hall–Kier alpha value is -2.24. The average molecular weight is 266 g/mol. The Labute approximate surface area is 111 Å². The van der Waals surface area contributed by atoms with Gasteiger partial charge in [0, 0.05) is 6.54 Å². The van der Waals surface area contributed by atoms with Crippen molar-refractivity contribution >= 4 is 12.0 Å². The van der Waals surface area contributed by atoms with Crippen LogP contribution in [0.15, 0.2) is 24.3 Å². The third-order valence-corrected chi connectivity index (χ3v) is 2.54. The van der Waals surface area contributed by atoms with Crippen LogP contribution in [0.4, 0.5) is 4.79 Å². The van der Waals surface area contributed by atoms with Crippen molar-refractivity contribution in [1.29, 1.82) is 0 Å². The molecular weight excluding hydrogens is 248 g/mol. The summed E-state index contributed by atoms with van der Waals surface area (Å²) in [6, 6.07) is 5.06. The van der Waals surface area contributed by atoms with E-state index in [-0.39, 0.29) is 12.3 Å². The zero-order valence-electron chi connectivity index (χ0n) is 10.7. The van der Waals surface area contributed by atoms with Crippen LogP contribution in [-0.4, -0.2) is 28.3 Å². The molecule has 0 heterocycles. The third-order valence-electron chi connectivity index (χ3n) is 2.54. The van der Waals surface area contributed by atoms with Crippen molar-refractivity contribution < 1.29 is 19.8 Å². The molecule has 0 radical (unpaired) electrons. The number of aromatic hydroxyl groups is 1. The van der Waals surface area contributed by atoms with Crippen LogP contribution in [0.25, 0.3) is 0 Å². The first kappa shape index (κ1) is 14.8. The highest BCUT2D eigenvalue weighted by Gasteiger charge is 2.18. The van der Waals surface area contributed by atoms with Gasteiger partial charge in [-0.1, -0.05) is 25.5 Å². The maximum absolute atomic E-state index is 11.5. The summed E-state index contributed by atoms with van der Waals surface area (Å²) in [6.45, 7) is 2.07. The van der Waals surface area contributed by atoms with Crippen LogP contribution in [0.2, 0.25) is 0 Å². The molecule has 0 fully saturated rings. The Morgan fingerprint density at radius 2 is 2.11 bits per heavy atom. The molecule has 1 unspecified atom stereocenters. The first-order valence-corrected chi connectivity index (χ1v) is 6.08. The number of nitrogens with one attached hydrogen (secondary N) is 2. The van der Waals surface area contributed by atoms with Crippen molar-refractivity contribution in [1.82, 2.24) is 10.6 Å². The van der Waals surface area contributed by atoms with Crippen LogP contribution < -0.4 is 10.6 Å². The average Bonchev–Trinajstić information content (AvgIpc) is 2.36. The number of carbonyl (C=O) groups excluding carboxylic acids is 1. The number of phenolic OH excluding ortho intramolecular Hbond substituents is 1. The largest absolute Gasteiger partial charge is 0.508 e. The number of hydrogen-bond donors (Lipinski definition) is 4. The number of phenols is 1. The molecule has 19 heavy (non-hydrogen) atoms. The van der Waals surface area contributed by atoms with E-state index in [4.69, 9.17) is 5.11 Å². The normalized spacial score (nSPS) is 11.6. The monoisotopic (exact) mass is 266 g/mol. The molecule has 0 saturated heterocycles. The van der Waals surface area contributed by atoms with E-state index in [9.17, 15) is 14.7 Å². The highest BCUT2D eigenvalue weighted by Crippen LogP contribution is 2.10. The van der Waals surface area contributed by atoms with Gasteiger partial charge >= 0.3 is 12.0 Å². The lowest BCUT2D eigenvalue weighted by atomic mass is 10.2. The molecule has 1 atom stereocenters. The summed E-state index contributed by atoms with van der Waals surface area (Å²) in [5, 5.41) is 23.1. The van der Waals surface area contributed by atoms with Gasteiger partial charge in [-0.2, -0.15) is 0 Å². The molecule has 4 N–H and O–H groups in total. The maximum atomic E-state index is 11.5. The standard InChI is InChI=1S/C13H18N2O4/c1-2-4-11(12(17)18)15-13(19)14-8-9-5-3-6-10(16)7-9/h3,5-7,11,16H,2,4,8H2,1H3,(H,17,18)(H2,14,15,19). The number of urea groups is 1. The molecule has 0 aliphatic heterocycles. The lowest BCUT2D eigenvalue weighted by molar-refractivity contribution is -0.139. The van der Waals surface area contributed by atoms with Gasteiger partial charge in [-0.05, 0) is 24.1 Å². The van der Waals surface area contributed by atoms with E-state index >= 15 is 0 Å². The highest BCUT2D eigenvalue weighted by atomic mass is 16.4. The lowest BCUT2D eigenvalue weighted by Crippen LogP contribution is -2.45.